The van der Waals surface area contributed by atoms with Gasteiger partial charge in [-0.25, -0.2) is 0 Å². The molecule has 2 fully saturated rings. The molecule has 2 rings (SSSR count). The van der Waals surface area contributed by atoms with Crippen molar-refractivity contribution < 1.29 is 4.79 Å². The number of nitrogens with one attached hydrogen (secondary N) is 1. The largest absolute Gasteiger partial charge is 0.368 e. The molecular weight excluding hydrogens is 214 g/mol. The molecule has 1 amide bonds. The van der Waals surface area contributed by atoms with Gasteiger partial charge in [0.2, 0.25) is 5.91 Å². The molecule has 98 valence electrons. The lowest BCUT2D eigenvalue weighted by atomic mass is 9.91. The highest BCUT2D eigenvalue weighted by Crippen LogP contribution is 2.41. The Bertz CT molecular complexity index is 286. The van der Waals surface area contributed by atoms with Crippen LogP contribution in [0.4, 0.5) is 0 Å². The number of likely N-dealkylation sites (N-methyl/N-ethyl adjacent to an activating group) is 1. The van der Waals surface area contributed by atoms with Gasteiger partial charge in [0.05, 0.1) is 0 Å². The first-order valence-electron chi connectivity index (χ1n) is 6.85. The van der Waals surface area contributed by atoms with Gasteiger partial charge in [-0.05, 0) is 51.6 Å². The summed E-state index contributed by atoms with van der Waals surface area (Å²) in [6.45, 7) is 3.77. The Morgan fingerprint density at radius 2 is 2.06 bits per heavy atom. The third-order valence-electron chi connectivity index (χ3n) is 4.07. The van der Waals surface area contributed by atoms with Crippen LogP contribution < -0.4 is 11.1 Å². The van der Waals surface area contributed by atoms with Gasteiger partial charge in [-0.1, -0.05) is 6.92 Å². The fourth-order valence-electron chi connectivity index (χ4n) is 2.66. The van der Waals surface area contributed by atoms with Crippen LogP contribution in [-0.4, -0.2) is 42.5 Å². The molecular formula is C13H25N3O. The summed E-state index contributed by atoms with van der Waals surface area (Å²) in [4.78, 5) is 14.2. The average molecular weight is 239 g/mol. The maximum atomic E-state index is 11.9. The Morgan fingerprint density at radius 1 is 1.41 bits per heavy atom. The molecule has 2 aliphatic rings. The molecule has 2 aliphatic carbocycles. The number of nitrogens with zero attached hydrogens (tertiary/aromatic N) is 1. The SMILES string of the molecule is CCCNC(CN(C)C1CC1)(C(N)=O)C1CC1. The lowest BCUT2D eigenvalue weighted by Gasteiger charge is -2.36. The fourth-order valence-corrected chi connectivity index (χ4v) is 2.66. The van der Waals surface area contributed by atoms with Crippen LogP contribution in [0.1, 0.15) is 39.0 Å². The molecule has 17 heavy (non-hydrogen) atoms. The molecule has 0 spiro atoms. The van der Waals surface area contributed by atoms with Crippen LogP contribution in [0.2, 0.25) is 0 Å². The lowest BCUT2D eigenvalue weighted by molar-refractivity contribution is -0.126. The van der Waals surface area contributed by atoms with Crippen LogP contribution in [0.5, 0.6) is 0 Å². The number of nitrogens with two attached hydrogens (primary N) is 1. The monoisotopic (exact) mass is 239 g/mol. The third-order valence-corrected chi connectivity index (χ3v) is 4.07. The second-order valence-electron chi connectivity index (χ2n) is 5.68. The summed E-state index contributed by atoms with van der Waals surface area (Å²) in [5.74, 6) is 0.286. The minimum atomic E-state index is -0.479. The van der Waals surface area contributed by atoms with E-state index in [0.29, 0.717) is 12.0 Å². The summed E-state index contributed by atoms with van der Waals surface area (Å²) in [5.41, 5.74) is 5.22. The molecule has 4 nitrogen and oxygen atoms in total. The fraction of sp³-hybridized carbons (Fsp3) is 0.923. The number of hydrogen-bond acceptors (Lipinski definition) is 3. The summed E-state index contributed by atoms with van der Waals surface area (Å²) in [6.07, 6.45) is 5.85. The van der Waals surface area contributed by atoms with Crippen molar-refractivity contribution >= 4 is 5.91 Å². The molecule has 3 N–H and O–H groups in total. The Kier molecular flexibility index (Phi) is 3.73. The van der Waals surface area contributed by atoms with Gasteiger partial charge in [0.25, 0.3) is 0 Å². The van der Waals surface area contributed by atoms with E-state index in [2.05, 4.69) is 24.2 Å². The number of carbonyl (C=O) groups is 1. The minimum absolute atomic E-state index is 0.166. The highest BCUT2D eigenvalue weighted by atomic mass is 16.1. The highest BCUT2D eigenvalue weighted by Gasteiger charge is 2.50. The first-order chi connectivity index (χ1) is 8.10. The molecule has 1 atom stereocenters. The van der Waals surface area contributed by atoms with Crippen molar-refractivity contribution in [1.82, 2.24) is 10.2 Å². The van der Waals surface area contributed by atoms with Gasteiger partial charge >= 0.3 is 0 Å². The van der Waals surface area contributed by atoms with Crippen molar-refractivity contribution in [3.05, 3.63) is 0 Å². The zero-order valence-electron chi connectivity index (χ0n) is 11.0. The van der Waals surface area contributed by atoms with E-state index in [1.165, 1.54) is 12.8 Å². The molecule has 0 heterocycles. The van der Waals surface area contributed by atoms with Gasteiger partial charge < -0.3 is 16.0 Å². The van der Waals surface area contributed by atoms with Gasteiger partial charge in [0.15, 0.2) is 0 Å². The van der Waals surface area contributed by atoms with E-state index >= 15 is 0 Å². The predicted molar refractivity (Wildman–Crippen MR) is 68.6 cm³/mol. The number of carbonyl (C=O) groups excluding carboxylic acids is 1. The predicted octanol–water partition coefficient (Wildman–Crippen LogP) is 0.714. The van der Waals surface area contributed by atoms with Crippen molar-refractivity contribution in [2.75, 3.05) is 20.1 Å². The molecule has 4 heteroatoms. The molecule has 0 aliphatic heterocycles. The van der Waals surface area contributed by atoms with E-state index in [1.54, 1.807) is 0 Å². The van der Waals surface area contributed by atoms with Gasteiger partial charge in [0, 0.05) is 12.6 Å². The molecule has 0 bridgehead atoms. The number of rotatable bonds is 8. The maximum absolute atomic E-state index is 11.9. The number of primary amides is 1. The normalized spacial score (nSPS) is 23.7. The average Bonchev–Trinajstić information content (AvgIpc) is 3.16. The molecule has 0 aromatic carbocycles. The summed E-state index contributed by atoms with van der Waals surface area (Å²) in [5, 5.41) is 3.44. The summed E-state index contributed by atoms with van der Waals surface area (Å²) in [7, 11) is 2.12. The molecule has 0 aromatic heterocycles. The first kappa shape index (κ1) is 12.8. The smallest absolute Gasteiger partial charge is 0.239 e. The van der Waals surface area contributed by atoms with E-state index < -0.39 is 5.54 Å². The van der Waals surface area contributed by atoms with Gasteiger partial charge in [0.1, 0.15) is 5.54 Å². The van der Waals surface area contributed by atoms with Crippen LogP contribution in [0, 0.1) is 5.92 Å². The van der Waals surface area contributed by atoms with Crippen molar-refractivity contribution in [2.45, 2.75) is 50.6 Å². The lowest BCUT2D eigenvalue weighted by Crippen LogP contribution is -2.63. The van der Waals surface area contributed by atoms with Gasteiger partial charge in [-0.15, -0.1) is 0 Å². The van der Waals surface area contributed by atoms with Crippen LogP contribution in [0.15, 0.2) is 0 Å². The minimum Gasteiger partial charge on any atom is -0.368 e. The van der Waals surface area contributed by atoms with Crippen LogP contribution in [0.25, 0.3) is 0 Å². The zero-order valence-corrected chi connectivity index (χ0v) is 11.0. The van der Waals surface area contributed by atoms with Crippen molar-refractivity contribution in [3.8, 4) is 0 Å². The van der Waals surface area contributed by atoms with E-state index in [1.807, 2.05) is 0 Å². The van der Waals surface area contributed by atoms with Crippen molar-refractivity contribution in [1.29, 1.82) is 0 Å². The Balaban J connectivity index is 2.05. The number of amides is 1. The van der Waals surface area contributed by atoms with Gasteiger partial charge in [-0.3, -0.25) is 4.79 Å². The second kappa shape index (κ2) is 4.94. The van der Waals surface area contributed by atoms with E-state index in [0.717, 1.165) is 32.4 Å². The Labute approximate surface area is 104 Å². The Hall–Kier alpha value is -0.610. The van der Waals surface area contributed by atoms with Crippen LogP contribution in [0.3, 0.4) is 0 Å². The maximum Gasteiger partial charge on any atom is 0.239 e. The molecule has 0 saturated heterocycles. The summed E-state index contributed by atoms with van der Waals surface area (Å²) in [6, 6.07) is 0.677. The number of hydrogen-bond donors (Lipinski definition) is 2. The highest BCUT2D eigenvalue weighted by molar-refractivity contribution is 5.86. The zero-order chi connectivity index (χ0) is 12.5. The molecule has 0 radical (unpaired) electrons. The summed E-state index contributed by atoms with van der Waals surface area (Å²) < 4.78 is 0. The van der Waals surface area contributed by atoms with E-state index in [9.17, 15) is 4.79 Å². The molecule has 1 unspecified atom stereocenters. The standard InChI is InChI=1S/C13H25N3O/c1-3-8-15-13(12(14)17,10-4-5-10)9-16(2)11-6-7-11/h10-11,15H,3-9H2,1-2H3,(H2,14,17). The van der Waals surface area contributed by atoms with Gasteiger partial charge in [-0.2, -0.15) is 0 Å². The molecule has 0 aromatic rings. The third kappa shape index (κ3) is 2.80. The molecule has 2 saturated carbocycles. The summed E-state index contributed by atoms with van der Waals surface area (Å²) >= 11 is 0. The topological polar surface area (TPSA) is 58.4 Å². The Morgan fingerprint density at radius 3 is 2.47 bits per heavy atom. The first-order valence-corrected chi connectivity index (χ1v) is 6.85. The quantitative estimate of drug-likeness (QED) is 0.656. The van der Waals surface area contributed by atoms with Crippen molar-refractivity contribution in [2.24, 2.45) is 11.7 Å². The van der Waals surface area contributed by atoms with Crippen molar-refractivity contribution in [3.63, 3.8) is 0 Å². The van der Waals surface area contributed by atoms with Crippen LogP contribution >= 0.6 is 0 Å². The van der Waals surface area contributed by atoms with E-state index in [-0.39, 0.29) is 5.91 Å². The van der Waals surface area contributed by atoms with Crippen LogP contribution in [-0.2, 0) is 4.79 Å². The van der Waals surface area contributed by atoms with E-state index in [4.69, 9.17) is 5.73 Å². The second-order valence-corrected chi connectivity index (χ2v) is 5.68.